The molecule has 0 saturated carbocycles. The lowest BCUT2D eigenvalue weighted by atomic mass is 9.94. The van der Waals surface area contributed by atoms with Crippen molar-refractivity contribution in [2.24, 2.45) is 0 Å². The fourth-order valence-electron chi connectivity index (χ4n) is 4.05. The second kappa shape index (κ2) is 9.31. The van der Waals surface area contributed by atoms with E-state index in [0.717, 1.165) is 5.56 Å². The number of ketones is 1. The minimum atomic E-state index is -1.17. The van der Waals surface area contributed by atoms with Gasteiger partial charge in [0.25, 0.3) is 11.7 Å². The molecule has 7 heteroatoms. The lowest BCUT2D eigenvalue weighted by Gasteiger charge is -2.26. The third-order valence-corrected chi connectivity index (χ3v) is 5.78. The van der Waals surface area contributed by atoms with Gasteiger partial charge in [-0.3, -0.25) is 14.5 Å². The summed E-state index contributed by atoms with van der Waals surface area (Å²) in [6.07, 6.45) is -0.0396. The van der Waals surface area contributed by atoms with Crippen molar-refractivity contribution >= 4 is 34.7 Å². The number of hydrogen-bond acceptors (Lipinski definition) is 4. The summed E-state index contributed by atoms with van der Waals surface area (Å²) < 4.78 is 20.7. The highest BCUT2D eigenvalue weighted by atomic mass is 35.5. The number of rotatable bonds is 5. The third kappa shape index (κ3) is 4.29. The standard InChI is InChI=1S/C27H23ClFNO4/c1-15(2)34-22-12-11-17(13-16(22)3)25(31)23-24(20-9-4-5-10-21(20)29)30(27(33)26(23)32)19-8-6-7-18(28)14-19/h4-15,24,31H,1-3H3/b25-23+. The first kappa shape index (κ1) is 23.5. The fourth-order valence-corrected chi connectivity index (χ4v) is 4.24. The van der Waals surface area contributed by atoms with Crippen LogP contribution in [0.15, 0.2) is 72.3 Å². The van der Waals surface area contributed by atoms with Crippen molar-refractivity contribution in [2.45, 2.75) is 32.9 Å². The number of halogens is 2. The quantitative estimate of drug-likeness (QED) is 0.269. The van der Waals surface area contributed by atoms with Crippen molar-refractivity contribution in [3.8, 4) is 5.75 Å². The number of aliphatic hydroxyl groups excluding tert-OH is 1. The first-order valence-electron chi connectivity index (χ1n) is 10.8. The maximum Gasteiger partial charge on any atom is 0.300 e. The van der Waals surface area contributed by atoms with Crippen LogP contribution < -0.4 is 9.64 Å². The van der Waals surface area contributed by atoms with Gasteiger partial charge in [0.05, 0.1) is 17.7 Å². The van der Waals surface area contributed by atoms with E-state index in [1.807, 2.05) is 20.8 Å². The predicted octanol–water partition coefficient (Wildman–Crippen LogP) is 6.20. The number of aliphatic hydroxyl groups is 1. The molecule has 3 aromatic carbocycles. The van der Waals surface area contributed by atoms with Crippen molar-refractivity contribution in [1.29, 1.82) is 0 Å². The van der Waals surface area contributed by atoms with E-state index in [1.54, 1.807) is 42.5 Å². The van der Waals surface area contributed by atoms with Crippen LogP contribution in [-0.4, -0.2) is 22.9 Å². The molecule has 0 spiro atoms. The number of nitrogens with zero attached hydrogens (tertiary/aromatic N) is 1. The molecule has 0 radical (unpaired) electrons. The number of hydrogen-bond donors (Lipinski definition) is 1. The highest BCUT2D eigenvalue weighted by molar-refractivity contribution is 6.51. The molecule has 1 saturated heterocycles. The van der Waals surface area contributed by atoms with Crippen molar-refractivity contribution in [3.05, 3.63) is 99.8 Å². The molecule has 1 N–H and O–H groups in total. The Balaban J connectivity index is 1.92. The van der Waals surface area contributed by atoms with Gasteiger partial charge in [0.2, 0.25) is 0 Å². The molecule has 0 aliphatic carbocycles. The summed E-state index contributed by atoms with van der Waals surface area (Å²) in [5.74, 6) is -2.16. The van der Waals surface area contributed by atoms with Crippen molar-refractivity contribution < 1.29 is 23.8 Å². The molecule has 1 aliphatic rings. The summed E-state index contributed by atoms with van der Waals surface area (Å²) in [7, 11) is 0. The van der Waals surface area contributed by atoms with E-state index in [9.17, 15) is 19.1 Å². The molecule has 5 nitrogen and oxygen atoms in total. The van der Waals surface area contributed by atoms with Gasteiger partial charge >= 0.3 is 0 Å². The summed E-state index contributed by atoms with van der Waals surface area (Å²) in [6, 6.07) is 16.0. The first-order chi connectivity index (χ1) is 16.2. The lowest BCUT2D eigenvalue weighted by Crippen LogP contribution is -2.29. The SMILES string of the molecule is Cc1cc(/C(O)=C2\C(=O)C(=O)N(c3cccc(Cl)c3)C2c2ccccc2F)ccc1OC(C)C. The van der Waals surface area contributed by atoms with Crippen molar-refractivity contribution in [3.63, 3.8) is 0 Å². The Morgan fingerprint density at radius 2 is 1.79 bits per heavy atom. The molecule has 1 fully saturated rings. The molecule has 1 aliphatic heterocycles. The Hall–Kier alpha value is -3.64. The number of carbonyl (C=O) groups is 2. The van der Waals surface area contributed by atoms with E-state index in [4.69, 9.17) is 16.3 Å². The molecule has 34 heavy (non-hydrogen) atoms. The van der Waals surface area contributed by atoms with E-state index >= 15 is 0 Å². The Morgan fingerprint density at radius 3 is 2.44 bits per heavy atom. The van der Waals surface area contributed by atoms with E-state index in [-0.39, 0.29) is 17.2 Å². The second-order valence-corrected chi connectivity index (χ2v) is 8.75. The van der Waals surface area contributed by atoms with E-state index < -0.39 is 29.3 Å². The fraction of sp³-hybridized carbons (Fsp3) is 0.185. The zero-order valence-electron chi connectivity index (χ0n) is 18.9. The summed E-state index contributed by atoms with van der Waals surface area (Å²) in [6.45, 7) is 5.62. The number of Topliss-reactive ketones (excluding diaryl/α,β-unsaturated/α-hetero) is 1. The molecule has 174 valence electrons. The van der Waals surface area contributed by atoms with Gasteiger partial charge in [-0.05, 0) is 68.8 Å². The minimum absolute atomic E-state index is 0.0396. The molecule has 1 unspecified atom stereocenters. The molecule has 0 aromatic heterocycles. The average molecular weight is 480 g/mol. The number of carbonyl (C=O) groups excluding carboxylic acids is 2. The molecule has 1 heterocycles. The van der Waals surface area contributed by atoms with Gasteiger partial charge in [-0.15, -0.1) is 0 Å². The van der Waals surface area contributed by atoms with Crippen molar-refractivity contribution in [1.82, 2.24) is 0 Å². The minimum Gasteiger partial charge on any atom is -0.507 e. The summed E-state index contributed by atoms with van der Waals surface area (Å²) in [4.78, 5) is 27.5. The Kier molecular flexibility index (Phi) is 6.44. The topological polar surface area (TPSA) is 66.8 Å². The highest BCUT2D eigenvalue weighted by Crippen LogP contribution is 2.43. The van der Waals surface area contributed by atoms with Crippen LogP contribution in [0.3, 0.4) is 0 Å². The average Bonchev–Trinajstić information content (AvgIpc) is 3.05. The van der Waals surface area contributed by atoms with Crippen LogP contribution in [0.4, 0.5) is 10.1 Å². The van der Waals surface area contributed by atoms with Crippen LogP contribution in [0.5, 0.6) is 5.75 Å². The summed E-state index contributed by atoms with van der Waals surface area (Å²) in [5, 5.41) is 11.6. The Morgan fingerprint density at radius 1 is 1.06 bits per heavy atom. The van der Waals surface area contributed by atoms with Crippen LogP contribution in [0.1, 0.15) is 36.6 Å². The summed E-state index contributed by atoms with van der Waals surface area (Å²) >= 11 is 6.13. The lowest BCUT2D eigenvalue weighted by molar-refractivity contribution is -0.132. The number of aryl methyl sites for hydroxylation is 1. The van der Waals surface area contributed by atoms with Gasteiger partial charge in [-0.1, -0.05) is 35.9 Å². The van der Waals surface area contributed by atoms with Crippen LogP contribution in [0.25, 0.3) is 5.76 Å². The van der Waals surface area contributed by atoms with Gasteiger partial charge in [-0.25, -0.2) is 4.39 Å². The largest absolute Gasteiger partial charge is 0.507 e. The third-order valence-electron chi connectivity index (χ3n) is 5.54. The van der Waals surface area contributed by atoms with E-state index in [0.29, 0.717) is 22.0 Å². The van der Waals surface area contributed by atoms with E-state index in [2.05, 4.69) is 0 Å². The second-order valence-electron chi connectivity index (χ2n) is 8.32. The Labute approximate surface area is 202 Å². The normalized spacial score (nSPS) is 17.5. The molecule has 1 amide bonds. The summed E-state index contributed by atoms with van der Waals surface area (Å²) in [5.41, 5.74) is 1.26. The van der Waals surface area contributed by atoms with E-state index in [1.165, 1.54) is 29.2 Å². The number of ether oxygens (including phenoxy) is 1. The monoisotopic (exact) mass is 479 g/mol. The van der Waals surface area contributed by atoms with Crippen LogP contribution in [0.2, 0.25) is 5.02 Å². The van der Waals surface area contributed by atoms with Gasteiger partial charge in [0.1, 0.15) is 17.3 Å². The maximum atomic E-state index is 14.9. The zero-order valence-corrected chi connectivity index (χ0v) is 19.6. The van der Waals surface area contributed by atoms with Crippen LogP contribution in [-0.2, 0) is 9.59 Å². The molecular weight excluding hydrogens is 457 g/mol. The zero-order chi connectivity index (χ0) is 24.6. The number of amides is 1. The number of anilines is 1. The Bertz CT molecular complexity index is 1320. The molecule has 4 rings (SSSR count). The van der Waals surface area contributed by atoms with Crippen LogP contribution in [0, 0.1) is 12.7 Å². The molecule has 0 bridgehead atoms. The highest BCUT2D eigenvalue weighted by Gasteiger charge is 2.47. The smallest absolute Gasteiger partial charge is 0.300 e. The van der Waals surface area contributed by atoms with Gasteiger partial charge in [0.15, 0.2) is 0 Å². The van der Waals surface area contributed by atoms with Crippen molar-refractivity contribution in [2.75, 3.05) is 4.90 Å². The number of benzene rings is 3. The maximum absolute atomic E-state index is 14.9. The molecule has 1 atom stereocenters. The van der Waals surface area contributed by atoms with Gasteiger partial charge in [0, 0.05) is 21.8 Å². The molecule has 3 aromatic rings. The first-order valence-corrected chi connectivity index (χ1v) is 11.2. The van der Waals surface area contributed by atoms with Gasteiger partial charge in [-0.2, -0.15) is 0 Å². The van der Waals surface area contributed by atoms with Crippen LogP contribution >= 0.6 is 11.6 Å². The molecular formula is C27H23ClFNO4. The predicted molar refractivity (Wildman–Crippen MR) is 130 cm³/mol. The van der Waals surface area contributed by atoms with Gasteiger partial charge < -0.3 is 9.84 Å².